The number of nitrogens with zero attached hydrogens (tertiary/aromatic N) is 4. The van der Waals surface area contributed by atoms with E-state index in [-0.39, 0.29) is 42.1 Å². The third-order valence-electron chi connectivity index (χ3n) is 7.27. The molecule has 0 unspecified atom stereocenters. The molecule has 0 aliphatic heterocycles. The summed E-state index contributed by atoms with van der Waals surface area (Å²) < 4.78 is 15.4. The van der Waals surface area contributed by atoms with E-state index in [1.54, 1.807) is 30.6 Å². The summed E-state index contributed by atoms with van der Waals surface area (Å²) in [7, 11) is 0. The van der Waals surface area contributed by atoms with E-state index < -0.39 is 11.5 Å². The lowest BCUT2D eigenvalue weighted by Gasteiger charge is -2.28. The molecule has 3 aromatic heterocycles. The van der Waals surface area contributed by atoms with Gasteiger partial charge in [-0.2, -0.15) is 5.10 Å². The van der Waals surface area contributed by atoms with Gasteiger partial charge >= 0.3 is 0 Å². The fourth-order valence-electron chi connectivity index (χ4n) is 5.21. The van der Waals surface area contributed by atoms with E-state index in [9.17, 15) is 14.7 Å². The maximum absolute atomic E-state index is 13.4. The van der Waals surface area contributed by atoms with Crippen molar-refractivity contribution in [3.05, 3.63) is 53.3 Å². The number of ether oxygens (including phenoxy) is 2. The number of hydrogen-bond donors (Lipinski definition) is 3. The molecule has 0 bridgehead atoms. The van der Waals surface area contributed by atoms with Crippen LogP contribution in [0, 0.1) is 6.92 Å². The Balaban J connectivity index is 1.25. The lowest BCUT2D eigenvalue weighted by Crippen LogP contribution is -2.40. The first kappa shape index (κ1) is 28.4. The SMILES string of the molecule is Cc1ccn2nc(O[C@H]3CC[C@H](NC(=O)c4nn(C(C)C)c5cc(OCC(C)(C)O)ccc45)CC3)c(C(N)=O)c2c1. The van der Waals surface area contributed by atoms with Crippen LogP contribution < -0.4 is 20.5 Å². The largest absolute Gasteiger partial charge is 0.491 e. The fourth-order valence-corrected chi connectivity index (χ4v) is 5.21. The molecular weight excluding hydrogens is 524 g/mol. The Labute approximate surface area is 238 Å². The Bertz CT molecular complexity index is 1590. The summed E-state index contributed by atoms with van der Waals surface area (Å²) >= 11 is 0. The summed E-state index contributed by atoms with van der Waals surface area (Å²) in [6, 6.07) is 9.25. The van der Waals surface area contributed by atoms with Gasteiger partial charge in [-0.15, -0.1) is 5.10 Å². The van der Waals surface area contributed by atoms with Gasteiger partial charge in [-0.25, -0.2) is 4.52 Å². The van der Waals surface area contributed by atoms with Crippen LogP contribution in [0.25, 0.3) is 16.4 Å². The van der Waals surface area contributed by atoms with Crippen molar-refractivity contribution in [1.29, 1.82) is 0 Å². The highest BCUT2D eigenvalue weighted by molar-refractivity contribution is 6.05. The monoisotopic (exact) mass is 562 g/mol. The smallest absolute Gasteiger partial charge is 0.272 e. The molecule has 5 rings (SSSR count). The van der Waals surface area contributed by atoms with Crippen LogP contribution in [-0.4, -0.2) is 60.7 Å². The van der Waals surface area contributed by atoms with E-state index >= 15 is 0 Å². The van der Waals surface area contributed by atoms with E-state index in [4.69, 9.17) is 15.2 Å². The number of aromatic nitrogens is 4. The van der Waals surface area contributed by atoms with Crippen molar-refractivity contribution in [2.45, 2.75) is 84.1 Å². The Kier molecular flexibility index (Phi) is 7.65. The number of fused-ring (bicyclic) bond motifs is 2. The Morgan fingerprint density at radius 2 is 1.85 bits per heavy atom. The number of pyridine rings is 1. The predicted molar refractivity (Wildman–Crippen MR) is 154 cm³/mol. The van der Waals surface area contributed by atoms with Gasteiger partial charge in [0.05, 0.1) is 16.6 Å². The summed E-state index contributed by atoms with van der Waals surface area (Å²) in [5.74, 6) is 0.0420. The number of carbonyl (C=O) groups excluding carboxylic acids is 2. The van der Waals surface area contributed by atoms with Crippen molar-refractivity contribution in [3.8, 4) is 11.6 Å². The Hall–Kier alpha value is -4.12. The minimum Gasteiger partial charge on any atom is -0.491 e. The number of nitrogens with one attached hydrogen (secondary N) is 1. The van der Waals surface area contributed by atoms with Gasteiger partial charge in [-0.05, 0) is 90.1 Å². The average molecular weight is 563 g/mol. The van der Waals surface area contributed by atoms with E-state index in [0.29, 0.717) is 42.6 Å². The highest BCUT2D eigenvalue weighted by atomic mass is 16.5. The first-order valence-electron chi connectivity index (χ1n) is 14.0. The predicted octanol–water partition coefficient (Wildman–Crippen LogP) is 3.94. The quantitative estimate of drug-likeness (QED) is 0.280. The minimum atomic E-state index is -0.960. The summed E-state index contributed by atoms with van der Waals surface area (Å²) in [5.41, 5.74) is 7.77. The van der Waals surface area contributed by atoms with Gasteiger partial charge in [0, 0.05) is 29.7 Å². The van der Waals surface area contributed by atoms with Gasteiger partial charge in [0.25, 0.3) is 11.8 Å². The lowest BCUT2D eigenvalue weighted by molar-refractivity contribution is 0.0285. The first-order valence-corrected chi connectivity index (χ1v) is 14.0. The van der Waals surface area contributed by atoms with Gasteiger partial charge in [0.15, 0.2) is 5.69 Å². The summed E-state index contributed by atoms with van der Waals surface area (Å²) in [6.45, 7) is 9.47. The van der Waals surface area contributed by atoms with Crippen molar-refractivity contribution >= 4 is 28.2 Å². The molecule has 1 fully saturated rings. The van der Waals surface area contributed by atoms with Crippen LogP contribution in [0.1, 0.15) is 85.8 Å². The number of carbonyl (C=O) groups is 2. The zero-order valence-corrected chi connectivity index (χ0v) is 24.2. The molecule has 1 aromatic carbocycles. The highest BCUT2D eigenvalue weighted by Gasteiger charge is 2.29. The maximum atomic E-state index is 13.4. The highest BCUT2D eigenvalue weighted by Crippen LogP contribution is 2.30. The summed E-state index contributed by atoms with van der Waals surface area (Å²) in [6.07, 6.45) is 4.46. The number of aryl methyl sites for hydroxylation is 1. The standard InChI is InChI=1S/C30H38N6O5/c1-17(2)36-23-15-21(40-16-30(4,5)39)10-11-22(23)26(33-36)28(38)32-19-6-8-20(9-7-19)41-29-25(27(31)37)24-14-18(3)12-13-35(24)34-29/h10-15,17,19-20,39H,6-9,16H2,1-5H3,(H2,31,37)(H,32,38)/t19-,20-. The molecule has 3 heterocycles. The Morgan fingerprint density at radius 1 is 1.12 bits per heavy atom. The molecule has 0 spiro atoms. The van der Waals surface area contributed by atoms with E-state index in [1.165, 1.54) is 0 Å². The van der Waals surface area contributed by atoms with Gasteiger partial charge in [0.1, 0.15) is 24.0 Å². The second-order valence-electron chi connectivity index (χ2n) is 11.8. The average Bonchev–Trinajstić information content (AvgIpc) is 3.46. The number of primary amides is 1. The molecule has 218 valence electrons. The van der Waals surface area contributed by atoms with Gasteiger partial charge < -0.3 is 25.6 Å². The van der Waals surface area contributed by atoms with Crippen LogP contribution in [0.2, 0.25) is 0 Å². The summed E-state index contributed by atoms with van der Waals surface area (Å²) in [4.78, 5) is 25.6. The molecule has 11 nitrogen and oxygen atoms in total. The van der Waals surface area contributed by atoms with Crippen LogP contribution in [0.15, 0.2) is 36.5 Å². The van der Waals surface area contributed by atoms with Crippen molar-refractivity contribution in [3.63, 3.8) is 0 Å². The number of aliphatic hydroxyl groups is 1. The molecule has 1 aliphatic rings. The second-order valence-corrected chi connectivity index (χ2v) is 11.8. The number of hydrogen-bond acceptors (Lipinski definition) is 7. The third-order valence-corrected chi connectivity index (χ3v) is 7.27. The maximum Gasteiger partial charge on any atom is 0.272 e. The van der Waals surface area contributed by atoms with Crippen molar-refractivity contribution in [1.82, 2.24) is 24.7 Å². The second kappa shape index (κ2) is 11.0. The molecule has 0 saturated heterocycles. The Morgan fingerprint density at radius 3 is 2.51 bits per heavy atom. The van der Waals surface area contributed by atoms with Crippen LogP contribution in [-0.2, 0) is 0 Å². The number of nitrogens with two attached hydrogens (primary N) is 1. The van der Waals surface area contributed by atoms with Crippen LogP contribution in [0.5, 0.6) is 11.6 Å². The third kappa shape index (κ3) is 6.14. The fraction of sp³-hybridized carbons (Fsp3) is 0.467. The van der Waals surface area contributed by atoms with Gasteiger partial charge in [-0.1, -0.05) is 0 Å². The van der Waals surface area contributed by atoms with Crippen LogP contribution >= 0.6 is 0 Å². The number of amides is 2. The van der Waals surface area contributed by atoms with Gasteiger partial charge in [0.2, 0.25) is 5.88 Å². The van der Waals surface area contributed by atoms with E-state index in [2.05, 4.69) is 15.5 Å². The molecule has 1 saturated carbocycles. The summed E-state index contributed by atoms with van der Waals surface area (Å²) in [5, 5.41) is 23.0. The zero-order valence-electron chi connectivity index (χ0n) is 24.2. The molecule has 2 amide bonds. The van der Waals surface area contributed by atoms with E-state index in [1.807, 2.05) is 49.7 Å². The molecule has 1 aliphatic carbocycles. The molecule has 41 heavy (non-hydrogen) atoms. The van der Waals surface area contributed by atoms with E-state index in [0.717, 1.165) is 16.5 Å². The molecule has 4 N–H and O–H groups in total. The zero-order chi connectivity index (χ0) is 29.5. The van der Waals surface area contributed by atoms with Gasteiger partial charge in [-0.3, -0.25) is 14.3 Å². The number of rotatable bonds is 9. The molecule has 0 atom stereocenters. The molecule has 11 heteroatoms. The lowest BCUT2D eigenvalue weighted by atomic mass is 9.92. The first-order chi connectivity index (χ1) is 19.4. The minimum absolute atomic E-state index is 0.0321. The van der Waals surface area contributed by atoms with Crippen LogP contribution in [0.4, 0.5) is 0 Å². The molecular formula is C30H38N6O5. The van der Waals surface area contributed by atoms with Crippen molar-refractivity contribution < 1.29 is 24.2 Å². The molecule has 4 aromatic rings. The van der Waals surface area contributed by atoms with Crippen molar-refractivity contribution in [2.75, 3.05) is 6.61 Å². The topological polar surface area (TPSA) is 146 Å². The van der Waals surface area contributed by atoms with Crippen LogP contribution in [0.3, 0.4) is 0 Å². The molecule has 0 radical (unpaired) electrons. The van der Waals surface area contributed by atoms with Crippen molar-refractivity contribution in [2.24, 2.45) is 5.73 Å². The normalized spacial score (nSPS) is 17.7. The number of benzene rings is 1.